The summed E-state index contributed by atoms with van der Waals surface area (Å²) in [4.78, 5) is 37.6. The van der Waals surface area contributed by atoms with E-state index in [1.165, 1.54) is 23.1 Å². The van der Waals surface area contributed by atoms with E-state index in [0.717, 1.165) is 0 Å². The van der Waals surface area contributed by atoms with Crippen molar-refractivity contribution in [3.05, 3.63) is 71.5 Å². The molecule has 0 radical (unpaired) electrons. The second-order valence-corrected chi connectivity index (χ2v) is 7.26. The molecule has 1 aliphatic heterocycles. The number of rotatable bonds is 8. The van der Waals surface area contributed by atoms with Crippen LogP contribution in [-0.2, 0) is 27.3 Å². The van der Waals surface area contributed by atoms with E-state index in [1.54, 1.807) is 36.4 Å². The number of carbonyl (C=O) groups excluding carboxylic acids is 2. The van der Waals surface area contributed by atoms with E-state index in [1.807, 2.05) is 0 Å². The molecule has 158 valence electrons. The summed E-state index contributed by atoms with van der Waals surface area (Å²) in [5, 5.41) is 22.5. The molecule has 2 unspecified atom stereocenters. The van der Waals surface area contributed by atoms with Crippen LogP contribution in [0.25, 0.3) is 0 Å². The first kappa shape index (κ1) is 21.4. The summed E-state index contributed by atoms with van der Waals surface area (Å²) in [6, 6.07) is 12.7. The number of nitrogens with one attached hydrogen (secondary N) is 1. The van der Waals surface area contributed by atoms with Gasteiger partial charge in [-0.3, -0.25) is 9.59 Å². The average molecular weight is 414 g/mol. The van der Waals surface area contributed by atoms with Gasteiger partial charge in [-0.25, -0.2) is 9.18 Å². The third-order valence-electron chi connectivity index (χ3n) is 5.18. The molecule has 2 amide bonds. The van der Waals surface area contributed by atoms with E-state index >= 15 is 0 Å². The Morgan fingerprint density at radius 1 is 1.13 bits per heavy atom. The lowest BCUT2D eigenvalue weighted by molar-refractivity contribution is -0.154. The van der Waals surface area contributed by atoms with Crippen LogP contribution in [0.2, 0.25) is 0 Å². The van der Waals surface area contributed by atoms with Gasteiger partial charge in [0.1, 0.15) is 11.9 Å². The fourth-order valence-corrected chi connectivity index (χ4v) is 3.58. The number of halogens is 1. The highest BCUT2D eigenvalue weighted by molar-refractivity contribution is 5.91. The molecule has 3 N–H and O–H groups in total. The Morgan fingerprint density at radius 2 is 1.80 bits per heavy atom. The lowest BCUT2D eigenvalue weighted by Crippen LogP contribution is -2.55. The van der Waals surface area contributed by atoms with Crippen molar-refractivity contribution in [3.8, 4) is 0 Å². The Bertz CT molecular complexity index is 921. The van der Waals surface area contributed by atoms with Gasteiger partial charge in [0.2, 0.25) is 11.8 Å². The fourth-order valence-electron chi connectivity index (χ4n) is 3.58. The van der Waals surface area contributed by atoms with Crippen LogP contribution in [0.1, 0.15) is 24.0 Å². The van der Waals surface area contributed by atoms with Crippen LogP contribution in [0.3, 0.4) is 0 Å². The Hall–Kier alpha value is -3.26. The van der Waals surface area contributed by atoms with Crippen LogP contribution in [0.4, 0.5) is 4.39 Å². The van der Waals surface area contributed by atoms with Crippen LogP contribution >= 0.6 is 0 Å². The highest BCUT2D eigenvalue weighted by Gasteiger charge is 2.39. The second kappa shape index (κ2) is 9.49. The van der Waals surface area contributed by atoms with Gasteiger partial charge in [-0.15, -0.1) is 0 Å². The summed E-state index contributed by atoms with van der Waals surface area (Å²) in [5.41, 5.74) is 0.899. The predicted molar refractivity (Wildman–Crippen MR) is 106 cm³/mol. The molecule has 8 heteroatoms. The Balaban J connectivity index is 1.98. The smallest absolute Gasteiger partial charge is 0.334 e. The number of aliphatic hydroxyl groups is 1. The molecule has 0 aliphatic carbocycles. The number of aliphatic carboxylic acids is 1. The van der Waals surface area contributed by atoms with Gasteiger partial charge in [0, 0.05) is 18.5 Å². The van der Waals surface area contributed by atoms with Crippen molar-refractivity contribution in [2.24, 2.45) is 0 Å². The van der Waals surface area contributed by atoms with Crippen molar-refractivity contribution in [1.82, 2.24) is 10.2 Å². The Labute approximate surface area is 173 Å². The van der Waals surface area contributed by atoms with Crippen LogP contribution in [-0.4, -0.2) is 51.1 Å². The van der Waals surface area contributed by atoms with Gasteiger partial charge >= 0.3 is 5.97 Å². The number of carboxylic acid groups (broad SMARTS) is 1. The molecule has 0 bridgehead atoms. The van der Waals surface area contributed by atoms with Gasteiger partial charge in [-0.1, -0.05) is 48.5 Å². The third-order valence-corrected chi connectivity index (χ3v) is 5.18. The zero-order valence-electron chi connectivity index (χ0n) is 16.2. The zero-order chi connectivity index (χ0) is 21.7. The average Bonchev–Trinajstić information content (AvgIpc) is 3.18. The lowest BCUT2D eigenvalue weighted by Gasteiger charge is -2.35. The lowest BCUT2D eigenvalue weighted by atomic mass is 9.97. The monoisotopic (exact) mass is 414 g/mol. The third kappa shape index (κ3) is 5.01. The minimum absolute atomic E-state index is 0.0508. The Morgan fingerprint density at radius 3 is 2.40 bits per heavy atom. The van der Waals surface area contributed by atoms with Gasteiger partial charge < -0.3 is 20.4 Å². The molecule has 7 nitrogen and oxygen atoms in total. The maximum Gasteiger partial charge on any atom is 0.334 e. The molecule has 3 rings (SSSR count). The Kier molecular flexibility index (Phi) is 6.79. The minimum Gasteiger partial charge on any atom is -0.479 e. The standard InChI is InChI=1S/C22H23FN2O5/c23-16-9-5-4-8-15(16)13-25(21(28)17-10-11-19(26)24-17)18(20(27)22(29)30)12-14-6-2-1-3-7-14/h1-9,17-18,20,27H,10-13H2,(H,24,26)(H,29,30)/t17-,18?,20?/m1/s1. The number of benzene rings is 2. The van der Waals surface area contributed by atoms with Crippen LogP contribution in [0, 0.1) is 5.82 Å². The molecule has 3 atom stereocenters. The normalized spacial score (nSPS) is 17.8. The number of hydrogen-bond acceptors (Lipinski definition) is 4. The predicted octanol–water partition coefficient (Wildman–Crippen LogP) is 1.49. The summed E-state index contributed by atoms with van der Waals surface area (Å²) in [7, 11) is 0. The zero-order valence-corrected chi connectivity index (χ0v) is 16.2. The van der Waals surface area contributed by atoms with E-state index in [-0.39, 0.29) is 37.3 Å². The molecule has 1 saturated heterocycles. The molecule has 2 aromatic carbocycles. The number of hydrogen-bond donors (Lipinski definition) is 3. The summed E-state index contributed by atoms with van der Waals surface area (Å²) in [6.45, 7) is -0.236. The molecular weight excluding hydrogens is 391 g/mol. The van der Waals surface area contributed by atoms with Gasteiger partial charge in [0.05, 0.1) is 6.04 Å². The van der Waals surface area contributed by atoms with Crippen molar-refractivity contribution >= 4 is 17.8 Å². The second-order valence-electron chi connectivity index (χ2n) is 7.26. The fraction of sp³-hybridized carbons (Fsp3) is 0.318. The summed E-state index contributed by atoms with van der Waals surface area (Å²) < 4.78 is 14.3. The SMILES string of the molecule is O=C1CC[C@H](C(=O)N(Cc2ccccc2F)C(Cc2ccccc2)C(O)C(=O)O)N1. The highest BCUT2D eigenvalue weighted by atomic mass is 19.1. The van der Waals surface area contributed by atoms with E-state index in [4.69, 9.17) is 0 Å². The number of carbonyl (C=O) groups is 3. The molecule has 2 aromatic rings. The topological polar surface area (TPSA) is 107 Å². The molecule has 0 aromatic heterocycles. The summed E-state index contributed by atoms with van der Waals surface area (Å²) in [6.07, 6.45) is -1.41. The summed E-state index contributed by atoms with van der Waals surface area (Å²) >= 11 is 0. The molecule has 30 heavy (non-hydrogen) atoms. The van der Waals surface area contributed by atoms with Gasteiger partial charge in [-0.05, 0) is 24.5 Å². The maximum absolute atomic E-state index is 14.3. The molecule has 1 heterocycles. The van der Waals surface area contributed by atoms with Crippen LogP contribution in [0.15, 0.2) is 54.6 Å². The first-order chi connectivity index (χ1) is 14.4. The quantitative estimate of drug-likeness (QED) is 0.607. The molecule has 0 spiro atoms. The van der Waals surface area contributed by atoms with Crippen LogP contribution in [0.5, 0.6) is 0 Å². The van der Waals surface area contributed by atoms with Gasteiger partial charge in [-0.2, -0.15) is 0 Å². The summed E-state index contributed by atoms with van der Waals surface area (Å²) in [5.74, 6) is -2.87. The molecular formula is C22H23FN2O5. The molecule has 1 aliphatic rings. The number of aliphatic hydroxyl groups excluding tert-OH is 1. The number of nitrogens with zero attached hydrogens (tertiary/aromatic N) is 1. The van der Waals surface area contributed by atoms with Crippen molar-refractivity contribution in [3.63, 3.8) is 0 Å². The highest BCUT2D eigenvalue weighted by Crippen LogP contribution is 2.21. The maximum atomic E-state index is 14.3. The van der Waals surface area contributed by atoms with E-state index < -0.39 is 35.9 Å². The van der Waals surface area contributed by atoms with Crippen molar-refractivity contribution in [1.29, 1.82) is 0 Å². The van der Waals surface area contributed by atoms with E-state index in [2.05, 4.69) is 5.32 Å². The largest absolute Gasteiger partial charge is 0.479 e. The first-order valence-electron chi connectivity index (χ1n) is 9.65. The number of amides is 2. The van der Waals surface area contributed by atoms with E-state index in [9.17, 15) is 29.0 Å². The van der Waals surface area contributed by atoms with Crippen molar-refractivity contribution < 1.29 is 29.0 Å². The minimum atomic E-state index is -1.89. The molecule has 0 saturated carbocycles. The van der Waals surface area contributed by atoms with Crippen molar-refractivity contribution in [2.45, 2.75) is 44.0 Å². The molecule has 1 fully saturated rings. The number of carboxylic acids is 1. The van der Waals surface area contributed by atoms with Gasteiger partial charge in [0.25, 0.3) is 0 Å². The van der Waals surface area contributed by atoms with Crippen molar-refractivity contribution in [2.75, 3.05) is 0 Å². The van der Waals surface area contributed by atoms with Crippen LogP contribution < -0.4 is 5.32 Å². The first-order valence-corrected chi connectivity index (χ1v) is 9.65. The van der Waals surface area contributed by atoms with Gasteiger partial charge in [0.15, 0.2) is 6.10 Å². The van der Waals surface area contributed by atoms with E-state index in [0.29, 0.717) is 5.56 Å².